The minimum absolute atomic E-state index is 0.269. The molecule has 1 aliphatic rings. The van der Waals surface area contributed by atoms with Crippen LogP contribution in [0.3, 0.4) is 0 Å². The summed E-state index contributed by atoms with van der Waals surface area (Å²) in [5.41, 5.74) is 1.22. The molecular formula is C14H21Cl2N3. The molecule has 0 aromatic carbocycles. The Morgan fingerprint density at radius 2 is 2.00 bits per heavy atom. The molecule has 106 valence electrons. The molecule has 1 aliphatic carbocycles. The highest BCUT2D eigenvalue weighted by molar-refractivity contribution is 6.33. The number of hydrogen-bond acceptors (Lipinski definition) is 3. The lowest BCUT2D eigenvalue weighted by Crippen LogP contribution is -2.56. The Hall–Kier alpha value is -0.510. The molecule has 0 aliphatic heterocycles. The molecule has 1 fully saturated rings. The van der Waals surface area contributed by atoms with Gasteiger partial charge < -0.3 is 9.80 Å². The Morgan fingerprint density at radius 1 is 1.32 bits per heavy atom. The van der Waals surface area contributed by atoms with Crippen molar-refractivity contribution >= 4 is 29.0 Å². The van der Waals surface area contributed by atoms with E-state index in [0.29, 0.717) is 10.9 Å². The molecule has 0 saturated heterocycles. The lowest BCUT2D eigenvalue weighted by Gasteiger charge is -2.49. The molecule has 5 heteroatoms. The fraction of sp³-hybridized carbons (Fsp3) is 0.643. The minimum Gasteiger partial charge on any atom is -0.357 e. The predicted molar refractivity (Wildman–Crippen MR) is 82.3 cm³/mol. The maximum Gasteiger partial charge on any atom is 0.147 e. The first kappa shape index (κ1) is 14.9. The summed E-state index contributed by atoms with van der Waals surface area (Å²) in [6.07, 6.45) is 5.58. The first-order valence-electron chi connectivity index (χ1n) is 6.57. The summed E-state index contributed by atoms with van der Waals surface area (Å²) in [4.78, 5) is 8.92. The number of alkyl halides is 1. The van der Waals surface area contributed by atoms with Crippen LogP contribution in [0.25, 0.3) is 0 Å². The standard InChI is InChI=1S/C14H21Cl2N3/c1-18(2)14(5-4-6-14)10-19(3)13-12(16)7-11(8-15)9-17-13/h7,9H,4-6,8,10H2,1-3H3. The van der Waals surface area contributed by atoms with E-state index in [4.69, 9.17) is 23.2 Å². The van der Waals surface area contributed by atoms with Crippen molar-refractivity contribution in [2.45, 2.75) is 30.7 Å². The van der Waals surface area contributed by atoms with Crippen LogP contribution in [0, 0.1) is 0 Å². The van der Waals surface area contributed by atoms with E-state index in [1.807, 2.05) is 6.07 Å². The molecule has 0 bridgehead atoms. The molecule has 0 amide bonds. The Bertz CT molecular complexity index is 444. The van der Waals surface area contributed by atoms with E-state index < -0.39 is 0 Å². The molecule has 1 aromatic heterocycles. The summed E-state index contributed by atoms with van der Waals surface area (Å²) in [5, 5.41) is 0.675. The lowest BCUT2D eigenvalue weighted by atomic mass is 9.75. The zero-order chi connectivity index (χ0) is 14.0. The molecule has 3 nitrogen and oxygen atoms in total. The van der Waals surface area contributed by atoms with E-state index in [0.717, 1.165) is 17.9 Å². The van der Waals surface area contributed by atoms with Crippen LogP contribution in [0.4, 0.5) is 5.82 Å². The first-order chi connectivity index (χ1) is 8.98. The molecule has 2 rings (SSSR count). The van der Waals surface area contributed by atoms with Crippen LogP contribution in [0.5, 0.6) is 0 Å². The van der Waals surface area contributed by atoms with Crippen LogP contribution >= 0.6 is 23.2 Å². The molecular weight excluding hydrogens is 281 g/mol. The quantitative estimate of drug-likeness (QED) is 0.777. The van der Waals surface area contributed by atoms with E-state index in [9.17, 15) is 0 Å². The van der Waals surface area contributed by atoms with Crippen molar-refractivity contribution in [3.8, 4) is 0 Å². The van der Waals surface area contributed by atoms with Crippen molar-refractivity contribution in [3.63, 3.8) is 0 Å². The van der Waals surface area contributed by atoms with Crippen molar-refractivity contribution in [1.29, 1.82) is 0 Å². The van der Waals surface area contributed by atoms with Gasteiger partial charge in [0.2, 0.25) is 0 Å². The number of halogens is 2. The highest BCUT2D eigenvalue weighted by Crippen LogP contribution is 2.38. The third-order valence-corrected chi connectivity index (χ3v) is 4.75. The second kappa shape index (κ2) is 5.86. The summed E-state index contributed by atoms with van der Waals surface area (Å²) >= 11 is 12.1. The van der Waals surface area contributed by atoms with Crippen LogP contribution in [0.2, 0.25) is 5.02 Å². The van der Waals surface area contributed by atoms with Gasteiger partial charge in [-0.15, -0.1) is 11.6 Å². The summed E-state index contributed by atoms with van der Waals surface area (Å²) < 4.78 is 0. The number of pyridine rings is 1. The lowest BCUT2D eigenvalue weighted by molar-refractivity contribution is 0.0682. The van der Waals surface area contributed by atoms with Gasteiger partial charge in [0, 0.05) is 31.2 Å². The van der Waals surface area contributed by atoms with Gasteiger partial charge >= 0.3 is 0 Å². The van der Waals surface area contributed by atoms with E-state index in [-0.39, 0.29) is 5.54 Å². The highest BCUT2D eigenvalue weighted by Gasteiger charge is 2.40. The number of likely N-dealkylation sites (N-methyl/N-ethyl adjacent to an activating group) is 2. The summed E-state index contributed by atoms with van der Waals surface area (Å²) in [6.45, 7) is 0.951. The maximum atomic E-state index is 6.30. The summed E-state index contributed by atoms with van der Waals surface area (Å²) in [7, 11) is 6.36. The van der Waals surface area contributed by atoms with Gasteiger partial charge in [-0.05, 0) is 45.0 Å². The normalized spacial score (nSPS) is 17.4. The Balaban J connectivity index is 2.13. The number of rotatable bonds is 5. The van der Waals surface area contributed by atoms with Crippen LogP contribution < -0.4 is 4.90 Å². The van der Waals surface area contributed by atoms with Crippen molar-refractivity contribution in [3.05, 3.63) is 22.8 Å². The van der Waals surface area contributed by atoms with Crippen molar-refractivity contribution in [2.75, 3.05) is 32.6 Å². The van der Waals surface area contributed by atoms with Gasteiger partial charge in [-0.3, -0.25) is 0 Å². The van der Waals surface area contributed by atoms with Crippen LogP contribution in [-0.2, 0) is 5.88 Å². The van der Waals surface area contributed by atoms with E-state index in [2.05, 4.69) is 35.9 Å². The van der Waals surface area contributed by atoms with Crippen LogP contribution in [0.1, 0.15) is 24.8 Å². The molecule has 0 unspecified atom stereocenters. The van der Waals surface area contributed by atoms with Crippen LogP contribution in [-0.4, -0.2) is 43.1 Å². The second-order valence-electron chi connectivity index (χ2n) is 5.61. The molecule has 0 spiro atoms. The Labute approximate surface area is 125 Å². The van der Waals surface area contributed by atoms with Crippen molar-refractivity contribution in [2.24, 2.45) is 0 Å². The molecule has 0 atom stereocenters. The maximum absolute atomic E-state index is 6.30. The molecule has 1 aromatic rings. The van der Waals surface area contributed by atoms with Gasteiger partial charge in [-0.2, -0.15) is 0 Å². The first-order valence-corrected chi connectivity index (χ1v) is 7.49. The number of nitrogens with zero attached hydrogens (tertiary/aromatic N) is 3. The fourth-order valence-corrected chi connectivity index (χ4v) is 3.15. The Morgan fingerprint density at radius 3 is 2.42 bits per heavy atom. The van der Waals surface area contributed by atoms with Gasteiger partial charge in [-0.1, -0.05) is 11.6 Å². The summed E-state index contributed by atoms with van der Waals surface area (Å²) in [6, 6.07) is 1.90. The number of aromatic nitrogens is 1. The van der Waals surface area contributed by atoms with Gasteiger partial charge in [-0.25, -0.2) is 4.98 Å². The minimum atomic E-state index is 0.269. The van der Waals surface area contributed by atoms with Crippen molar-refractivity contribution < 1.29 is 0 Å². The molecule has 0 N–H and O–H groups in total. The third kappa shape index (κ3) is 2.99. The SMILES string of the molecule is CN(CC1(N(C)C)CCC1)c1ncc(CCl)cc1Cl. The zero-order valence-corrected chi connectivity index (χ0v) is 13.3. The average molecular weight is 302 g/mol. The molecule has 1 heterocycles. The molecule has 0 radical (unpaired) electrons. The van der Waals surface area contributed by atoms with Crippen LogP contribution in [0.15, 0.2) is 12.3 Å². The zero-order valence-electron chi connectivity index (χ0n) is 11.8. The highest BCUT2D eigenvalue weighted by atomic mass is 35.5. The van der Waals surface area contributed by atoms with Crippen molar-refractivity contribution in [1.82, 2.24) is 9.88 Å². The third-order valence-electron chi connectivity index (χ3n) is 4.16. The van der Waals surface area contributed by atoms with E-state index >= 15 is 0 Å². The molecule has 19 heavy (non-hydrogen) atoms. The number of anilines is 1. The topological polar surface area (TPSA) is 19.4 Å². The monoisotopic (exact) mass is 301 g/mol. The average Bonchev–Trinajstić information content (AvgIpc) is 2.32. The van der Waals surface area contributed by atoms with Gasteiger partial charge in [0.1, 0.15) is 5.82 Å². The van der Waals surface area contributed by atoms with E-state index in [1.54, 1.807) is 6.20 Å². The number of hydrogen-bond donors (Lipinski definition) is 0. The van der Waals surface area contributed by atoms with E-state index in [1.165, 1.54) is 19.3 Å². The van der Waals surface area contributed by atoms with Gasteiger partial charge in [0.05, 0.1) is 5.02 Å². The predicted octanol–water partition coefficient (Wildman–Crippen LogP) is 3.39. The largest absolute Gasteiger partial charge is 0.357 e. The fourth-order valence-electron chi connectivity index (χ4n) is 2.67. The second-order valence-corrected chi connectivity index (χ2v) is 6.29. The van der Waals surface area contributed by atoms with Gasteiger partial charge in [0.15, 0.2) is 0 Å². The summed E-state index contributed by atoms with van der Waals surface area (Å²) in [5.74, 6) is 1.28. The Kier molecular flexibility index (Phi) is 4.59. The molecule has 1 saturated carbocycles. The van der Waals surface area contributed by atoms with Gasteiger partial charge in [0.25, 0.3) is 0 Å². The smallest absolute Gasteiger partial charge is 0.147 e.